The van der Waals surface area contributed by atoms with Crippen LogP contribution in [0.2, 0.25) is 0 Å². The minimum atomic E-state index is -4.95. The third-order valence-corrected chi connectivity index (χ3v) is 2.20. The van der Waals surface area contributed by atoms with Crippen molar-refractivity contribution in [1.82, 2.24) is 4.98 Å². The molecule has 0 spiro atoms. The summed E-state index contributed by atoms with van der Waals surface area (Å²) in [4.78, 5) is 13.8. The molecule has 9 heteroatoms. The van der Waals surface area contributed by atoms with E-state index in [1.807, 2.05) is 0 Å². The molecule has 106 valence electrons. The Morgan fingerprint density at radius 3 is 2.47 bits per heavy atom. The molecule has 0 saturated heterocycles. The lowest BCUT2D eigenvalue weighted by atomic mass is 10.1. The van der Waals surface area contributed by atoms with Crippen LogP contribution in [0.4, 0.5) is 27.6 Å². The minimum absolute atomic E-state index is 0.396. The Morgan fingerprint density at radius 1 is 1.47 bits per heavy atom. The molecular weight excluding hydrogens is 275 g/mol. The van der Waals surface area contributed by atoms with Gasteiger partial charge in [-0.3, -0.25) is 4.79 Å². The van der Waals surface area contributed by atoms with Crippen LogP contribution in [0, 0.1) is 0 Å². The number of nitrogen functional groups attached to an aromatic ring is 1. The summed E-state index contributed by atoms with van der Waals surface area (Å²) in [5, 5.41) is 0. The number of anilines is 1. The third kappa shape index (κ3) is 3.52. The van der Waals surface area contributed by atoms with Crippen LogP contribution < -0.4 is 5.73 Å². The zero-order valence-electron chi connectivity index (χ0n) is 9.59. The number of aromatic nitrogens is 1. The summed E-state index contributed by atoms with van der Waals surface area (Å²) in [6, 6.07) is 0.661. The van der Waals surface area contributed by atoms with E-state index in [0.29, 0.717) is 6.07 Å². The number of nitrogens with two attached hydrogens (primary N) is 1. The van der Waals surface area contributed by atoms with E-state index in [2.05, 4.69) is 9.72 Å². The lowest BCUT2D eigenvalue weighted by molar-refractivity contribution is -0.140. The van der Waals surface area contributed by atoms with Gasteiger partial charge in [0, 0.05) is 0 Å². The smallest absolute Gasteiger partial charge is 0.435 e. The first kappa shape index (κ1) is 15.1. The fourth-order valence-corrected chi connectivity index (χ4v) is 1.37. The Labute approximate surface area is 104 Å². The van der Waals surface area contributed by atoms with Crippen LogP contribution in [0.5, 0.6) is 0 Å². The summed E-state index contributed by atoms with van der Waals surface area (Å²) in [6.07, 6.45) is -8.84. The zero-order valence-corrected chi connectivity index (χ0v) is 9.59. The van der Waals surface area contributed by atoms with Crippen LogP contribution >= 0.6 is 0 Å². The highest BCUT2D eigenvalue weighted by molar-refractivity contribution is 5.73. The second kappa shape index (κ2) is 5.37. The first-order chi connectivity index (χ1) is 8.66. The van der Waals surface area contributed by atoms with E-state index in [4.69, 9.17) is 5.73 Å². The van der Waals surface area contributed by atoms with E-state index in [9.17, 15) is 26.7 Å². The van der Waals surface area contributed by atoms with Crippen molar-refractivity contribution in [3.63, 3.8) is 0 Å². The van der Waals surface area contributed by atoms with Crippen LogP contribution in [0.25, 0.3) is 0 Å². The Hall–Kier alpha value is -1.93. The molecule has 0 fully saturated rings. The topological polar surface area (TPSA) is 65.2 Å². The summed E-state index contributed by atoms with van der Waals surface area (Å²) in [6.45, 7) is 0. The fraction of sp³-hybridized carbons (Fsp3) is 0.400. The average Bonchev–Trinajstić information content (AvgIpc) is 2.26. The summed E-state index contributed by atoms with van der Waals surface area (Å²) < 4.78 is 67.0. The molecule has 1 aromatic rings. The quantitative estimate of drug-likeness (QED) is 0.683. The molecule has 19 heavy (non-hydrogen) atoms. The Balaban J connectivity index is 3.33. The van der Waals surface area contributed by atoms with E-state index in [0.717, 1.165) is 7.11 Å². The van der Waals surface area contributed by atoms with Crippen LogP contribution in [0.15, 0.2) is 6.07 Å². The average molecular weight is 284 g/mol. The maximum absolute atomic E-state index is 12.7. The molecule has 1 aromatic heterocycles. The Bertz CT molecular complexity index is 488. The predicted molar refractivity (Wildman–Crippen MR) is 54.3 cm³/mol. The molecule has 0 amide bonds. The van der Waals surface area contributed by atoms with Gasteiger partial charge in [0.15, 0.2) is 5.69 Å². The van der Waals surface area contributed by atoms with Gasteiger partial charge in [-0.25, -0.2) is 13.8 Å². The zero-order chi connectivity index (χ0) is 14.8. The van der Waals surface area contributed by atoms with Crippen molar-refractivity contribution in [3.05, 3.63) is 23.0 Å². The molecule has 0 radical (unpaired) electrons. The van der Waals surface area contributed by atoms with Gasteiger partial charge in [0.1, 0.15) is 5.69 Å². The van der Waals surface area contributed by atoms with Gasteiger partial charge in [-0.1, -0.05) is 0 Å². The van der Waals surface area contributed by atoms with E-state index >= 15 is 0 Å². The highest BCUT2D eigenvalue weighted by Crippen LogP contribution is 2.35. The molecule has 0 aromatic carbocycles. The van der Waals surface area contributed by atoms with Crippen molar-refractivity contribution in [2.45, 2.75) is 19.0 Å². The number of alkyl halides is 5. The largest absolute Gasteiger partial charge is 0.469 e. The summed E-state index contributed by atoms with van der Waals surface area (Å²) in [7, 11) is 1.02. The van der Waals surface area contributed by atoms with Crippen molar-refractivity contribution < 1.29 is 31.5 Å². The van der Waals surface area contributed by atoms with Crippen LogP contribution in [-0.2, 0) is 22.1 Å². The summed E-state index contributed by atoms with van der Waals surface area (Å²) in [5.41, 5.74) is 1.16. The Kier molecular flexibility index (Phi) is 4.28. The summed E-state index contributed by atoms with van der Waals surface area (Å²) in [5.74, 6) is -0.886. The number of esters is 1. The molecule has 0 saturated carbocycles. The molecule has 1 rings (SSSR count). The maximum atomic E-state index is 12.7. The lowest BCUT2D eigenvalue weighted by Crippen LogP contribution is -2.16. The van der Waals surface area contributed by atoms with E-state index in [-0.39, 0.29) is 0 Å². The second-order valence-corrected chi connectivity index (χ2v) is 3.52. The number of hydrogen-bond acceptors (Lipinski definition) is 4. The number of rotatable bonds is 3. The number of hydrogen-bond donors (Lipinski definition) is 1. The molecule has 0 aliphatic rings. The van der Waals surface area contributed by atoms with E-state index in [1.54, 1.807) is 0 Å². The molecule has 0 bridgehead atoms. The molecular formula is C10H9F5N2O2. The van der Waals surface area contributed by atoms with Gasteiger partial charge >= 0.3 is 12.1 Å². The highest BCUT2D eigenvalue weighted by Gasteiger charge is 2.37. The van der Waals surface area contributed by atoms with Crippen molar-refractivity contribution >= 4 is 11.7 Å². The molecule has 1 heterocycles. The van der Waals surface area contributed by atoms with E-state index < -0.39 is 47.6 Å². The molecule has 0 aliphatic carbocycles. The van der Waals surface area contributed by atoms with Crippen LogP contribution in [0.3, 0.4) is 0 Å². The number of nitrogens with zero attached hydrogens (tertiary/aromatic N) is 1. The van der Waals surface area contributed by atoms with Gasteiger partial charge in [-0.05, 0) is 11.6 Å². The fourth-order valence-electron chi connectivity index (χ4n) is 1.37. The number of methoxy groups -OCH3 is 1. The first-order valence-electron chi connectivity index (χ1n) is 4.88. The van der Waals surface area contributed by atoms with Crippen molar-refractivity contribution in [2.75, 3.05) is 12.8 Å². The SMILES string of the molecule is COC(=O)Cc1cc(N)c(C(F)(F)F)nc1C(F)F. The normalized spacial score (nSPS) is 11.7. The van der Waals surface area contributed by atoms with Gasteiger partial charge in [-0.15, -0.1) is 0 Å². The number of ether oxygens (including phenoxy) is 1. The standard InChI is InChI=1S/C10H9F5N2O2/c1-19-6(18)3-4-2-5(16)8(10(13,14)15)17-7(4)9(11)12/h2,9H,3,16H2,1H3. The third-order valence-electron chi connectivity index (χ3n) is 2.20. The van der Waals surface area contributed by atoms with Gasteiger partial charge in [0.25, 0.3) is 6.43 Å². The predicted octanol–water partition coefficient (Wildman–Crippen LogP) is 2.34. The van der Waals surface area contributed by atoms with E-state index in [1.165, 1.54) is 0 Å². The molecule has 2 N–H and O–H groups in total. The number of pyridine rings is 1. The molecule has 0 aliphatic heterocycles. The van der Waals surface area contributed by atoms with Gasteiger partial charge in [0.05, 0.1) is 19.2 Å². The lowest BCUT2D eigenvalue weighted by Gasteiger charge is -2.14. The van der Waals surface area contributed by atoms with Crippen LogP contribution in [0.1, 0.15) is 23.4 Å². The Morgan fingerprint density at radius 2 is 2.05 bits per heavy atom. The van der Waals surface area contributed by atoms with Gasteiger partial charge in [-0.2, -0.15) is 13.2 Å². The maximum Gasteiger partial charge on any atom is 0.435 e. The number of carbonyl (C=O) groups excluding carboxylic acids is 1. The molecule has 0 unspecified atom stereocenters. The first-order valence-corrected chi connectivity index (χ1v) is 4.88. The van der Waals surface area contributed by atoms with Crippen LogP contribution in [-0.4, -0.2) is 18.1 Å². The minimum Gasteiger partial charge on any atom is -0.469 e. The van der Waals surface area contributed by atoms with Crippen molar-refractivity contribution in [3.8, 4) is 0 Å². The number of carbonyl (C=O) groups is 1. The van der Waals surface area contributed by atoms with Gasteiger partial charge in [0.2, 0.25) is 0 Å². The highest BCUT2D eigenvalue weighted by atomic mass is 19.4. The second-order valence-electron chi connectivity index (χ2n) is 3.52. The molecule has 4 nitrogen and oxygen atoms in total. The van der Waals surface area contributed by atoms with Crippen molar-refractivity contribution in [1.29, 1.82) is 0 Å². The number of halogens is 5. The van der Waals surface area contributed by atoms with Crippen molar-refractivity contribution in [2.24, 2.45) is 0 Å². The van der Waals surface area contributed by atoms with Gasteiger partial charge < -0.3 is 10.5 Å². The monoisotopic (exact) mass is 284 g/mol. The molecule has 0 atom stereocenters. The summed E-state index contributed by atoms with van der Waals surface area (Å²) >= 11 is 0.